The second-order valence-corrected chi connectivity index (χ2v) is 4.96. The van der Waals surface area contributed by atoms with Crippen molar-refractivity contribution in [3.63, 3.8) is 0 Å². The number of benzene rings is 2. The molecule has 0 bridgehead atoms. The fourth-order valence-electron chi connectivity index (χ4n) is 1.97. The topological polar surface area (TPSA) is 99.8 Å². The van der Waals surface area contributed by atoms with E-state index in [4.69, 9.17) is 14.7 Å². The molecule has 0 radical (unpaired) electrons. The van der Waals surface area contributed by atoms with E-state index in [-0.39, 0.29) is 11.5 Å². The molecule has 6 heteroatoms. The van der Waals surface area contributed by atoms with E-state index in [2.05, 4.69) is 0 Å². The number of rotatable bonds is 3. The number of aldehydes is 1. The van der Waals surface area contributed by atoms with Crippen LogP contribution in [0.2, 0.25) is 0 Å². The molecule has 0 spiro atoms. The number of nitriles is 1. The molecule has 0 heterocycles. The van der Waals surface area contributed by atoms with Gasteiger partial charge in [0.25, 0.3) is 0 Å². The molecule has 0 aliphatic rings. The maximum Gasteiger partial charge on any atom is 0.162 e. The van der Waals surface area contributed by atoms with Crippen LogP contribution in [0.4, 0.5) is 0 Å². The Morgan fingerprint density at radius 3 is 1.92 bits per heavy atom. The molecular formula is C18H19NO5. The summed E-state index contributed by atoms with van der Waals surface area (Å²) in [4.78, 5) is 10.4. The van der Waals surface area contributed by atoms with Crippen LogP contribution in [0.1, 0.15) is 27.0 Å². The van der Waals surface area contributed by atoms with Gasteiger partial charge in [-0.2, -0.15) is 5.26 Å². The lowest BCUT2D eigenvalue weighted by atomic mass is 10.1. The normalized spacial score (nSPS) is 9.29. The van der Waals surface area contributed by atoms with Crippen LogP contribution in [-0.4, -0.2) is 30.7 Å². The molecule has 0 fully saturated rings. The highest BCUT2D eigenvalue weighted by molar-refractivity contribution is 5.77. The lowest BCUT2D eigenvalue weighted by molar-refractivity contribution is 0.112. The summed E-state index contributed by atoms with van der Waals surface area (Å²) in [5.74, 6) is 0.850. The highest BCUT2D eigenvalue weighted by atomic mass is 16.5. The van der Waals surface area contributed by atoms with Gasteiger partial charge in [0.05, 0.1) is 25.9 Å². The van der Waals surface area contributed by atoms with Crippen molar-refractivity contribution in [1.29, 1.82) is 5.26 Å². The number of nitrogens with zero attached hydrogens (tertiary/aromatic N) is 1. The van der Waals surface area contributed by atoms with E-state index in [0.29, 0.717) is 33.8 Å². The van der Waals surface area contributed by atoms with Gasteiger partial charge in [-0.3, -0.25) is 4.79 Å². The lowest BCUT2D eigenvalue weighted by Crippen LogP contribution is -1.89. The molecular weight excluding hydrogens is 310 g/mol. The Labute approximate surface area is 140 Å². The third-order valence-corrected chi connectivity index (χ3v) is 3.26. The minimum atomic E-state index is 0.0862. The molecule has 24 heavy (non-hydrogen) atoms. The van der Waals surface area contributed by atoms with Crippen LogP contribution >= 0.6 is 0 Å². The summed E-state index contributed by atoms with van der Waals surface area (Å²) in [6.07, 6.45) is 0.717. The largest absolute Gasteiger partial charge is 0.504 e. The Morgan fingerprint density at radius 2 is 1.46 bits per heavy atom. The predicted molar refractivity (Wildman–Crippen MR) is 88.9 cm³/mol. The van der Waals surface area contributed by atoms with Gasteiger partial charge in [-0.05, 0) is 43.2 Å². The van der Waals surface area contributed by atoms with Crippen molar-refractivity contribution >= 4 is 6.29 Å². The summed E-state index contributed by atoms with van der Waals surface area (Å²) < 4.78 is 9.73. The Morgan fingerprint density at radius 1 is 0.958 bits per heavy atom. The molecule has 0 atom stereocenters. The van der Waals surface area contributed by atoms with Crippen LogP contribution in [-0.2, 0) is 0 Å². The molecule has 0 aliphatic carbocycles. The molecule has 0 saturated heterocycles. The van der Waals surface area contributed by atoms with E-state index >= 15 is 0 Å². The zero-order valence-electron chi connectivity index (χ0n) is 14.0. The highest BCUT2D eigenvalue weighted by Gasteiger charge is 2.06. The first-order valence-electron chi connectivity index (χ1n) is 6.98. The molecule has 2 N–H and O–H groups in total. The zero-order chi connectivity index (χ0) is 18.3. The Kier molecular flexibility index (Phi) is 6.63. The molecule has 2 rings (SSSR count). The van der Waals surface area contributed by atoms with Gasteiger partial charge in [0.2, 0.25) is 0 Å². The number of ether oxygens (including phenoxy) is 2. The van der Waals surface area contributed by atoms with E-state index in [1.54, 1.807) is 26.0 Å². The summed E-state index contributed by atoms with van der Waals surface area (Å²) in [6.45, 7) is 3.43. The van der Waals surface area contributed by atoms with Crippen LogP contribution in [0.5, 0.6) is 23.0 Å². The molecule has 0 aromatic heterocycles. The van der Waals surface area contributed by atoms with Crippen molar-refractivity contribution in [2.45, 2.75) is 13.8 Å². The van der Waals surface area contributed by atoms with E-state index in [1.807, 2.05) is 6.07 Å². The van der Waals surface area contributed by atoms with Crippen LogP contribution in [0, 0.1) is 25.2 Å². The van der Waals surface area contributed by atoms with Crippen molar-refractivity contribution in [2.24, 2.45) is 0 Å². The molecule has 0 aliphatic heterocycles. The van der Waals surface area contributed by atoms with Gasteiger partial charge >= 0.3 is 0 Å². The molecule has 0 unspecified atom stereocenters. The van der Waals surface area contributed by atoms with E-state index in [0.717, 1.165) is 6.29 Å². The van der Waals surface area contributed by atoms with Gasteiger partial charge in [0.15, 0.2) is 23.0 Å². The van der Waals surface area contributed by atoms with E-state index in [1.165, 1.54) is 26.4 Å². The number of methoxy groups -OCH3 is 2. The number of carbonyl (C=O) groups is 1. The molecule has 6 nitrogen and oxygen atoms in total. The maximum atomic E-state index is 10.4. The van der Waals surface area contributed by atoms with Gasteiger partial charge in [-0.1, -0.05) is 0 Å². The molecule has 0 saturated carbocycles. The third-order valence-electron chi connectivity index (χ3n) is 3.26. The third kappa shape index (κ3) is 4.40. The summed E-state index contributed by atoms with van der Waals surface area (Å²) in [5, 5.41) is 27.3. The number of aryl methyl sites for hydroxylation is 2. The zero-order valence-corrected chi connectivity index (χ0v) is 14.0. The van der Waals surface area contributed by atoms with Crippen molar-refractivity contribution in [2.75, 3.05) is 14.2 Å². The van der Waals surface area contributed by atoms with Gasteiger partial charge < -0.3 is 19.7 Å². The number of carbonyl (C=O) groups excluding carboxylic acids is 1. The Hall–Kier alpha value is -3.20. The fraction of sp³-hybridized carbons (Fsp3) is 0.222. The predicted octanol–water partition coefficient (Wildman–Crippen LogP) is 3.10. The van der Waals surface area contributed by atoms with Gasteiger partial charge in [0.1, 0.15) is 6.29 Å². The quantitative estimate of drug-likeness (QED) is 0.839. The van der Waals surface area contributed by atoms with Gasteiger partial charge in [0, 0.05) is 11.6 Å². The summed E-state index contributed by atoms with van der Waals surface area (Å²) in [5.41, 5.74) is 2.27. The van der Waals surface area contributed by atoms with Crippen molar-refractivity contribution in [3.8, 4) is 29.1 Å². The van der Waals surface area contributed by atoms with Crippen molar-refractivity contribution < 1.29 is 24.5 Å². The first kappa shape index (κ1) is 18.8. The van der Waals surface area contributed by atoms with Crippen molar-refractivity contribution in [3.05, 3.63) is 46.5 Å². The highest BCUT2D eigenvalue weighted by Crippen LogP contribution is 2.30. The van der Waals surface area contributed by atoms with Gasteiger partial charge in [-0.25, -0.2) is 0 Å². The molecule has 2 aromatic rings. The van der Waals surface area contributed by atoms with Crippen LogP contribution in [0.25, 0.3) is 0 Å². The molecule has 126 valence electrons. The average molecular weight is 329 g/mol. The second-order valence-electron chi connectivity index (χ2n) is 4.96. The first-order chi connectivity index (χ1) is 11.4. The number of hydrogen-bond donors (Lipinski definition) is 2. The minimum Gasteiger partial charge on any atom is -0.504 e. The van der Waals surface area contributed by atoms with Crippen LogP contribution in [0.15, 0.2) is 24.3 Å². The smallest absolute Gasteiger partial charge is 0.162 e. The lowest BCUT2D eigenvalue weighted by Gasteiger charge is -2.05. The number of hydrogen-bond acceptors (Lipinski definition) is 6. The summed E-state index contributed by atoms with van der Waals surface area (Å²) >= 11 is 0. The van der Waals surface area contributed by atoms with Crippen molar-refractivity contribution in [1.82, 2.24) is 0 Å². The number of aromatic hydroxyl groups is 2. The summed E-state index contributed by atoms with van der Waals surface area (Å²) in [6, 6.07) is 8.19. The molecule has 0 amide bonds. The first-order valence-corrected chi connectivity index (χ1v) is 6.98. The maximum absolute atomic E-state index is 10.4. The fourth-order valence-corrected chi connectivity index (χ4v) is 1.97. The summed E-state index contributed by atoms with van der Waals surface area (Å²) in [7, 11) is 2.90. The van der Waals surface area contributed by atoms with E-state index < -0.39 is 0 Å². The minimum absolute atomic E-state index is 0.0862. The standard InChI is InChI=1S/C9H9NO2.C9H10O3/c2*1-6-3-7(5-10)4-8(12-2)9(6)11/h3-4,11H,1-2H3;3-5,11H,1-2H3. The Balaban J connectivity index is 0.000000240. The number of phenolic OH excluding ortho intramolecular Hbond substituents is 2. The van der Waals surface area contributed by atoms with Gasteiger partial charge in [-0.15, -0.1) is 0 Å². The van der Waals surface area contributed by atoms with Crippen LogP contribution < -0.4 is 9.47 Å². The molecule has 2 aromatic carbocycles. The monoisotopic (exact) mass is 329 g/mol. The van der Waals surface area contributed by atoms with E-state index in [9.17, 15) is 15.0 Å². The SMILES string of the molecule is COc1cc(C#N)cc(C)c1O.COc1cc(C=O)cc(C)c1O. The second kappa shape index (κ2) is 8.44. The average Bonchev–Trinajstić information content (AvgIpc) is 2.59. The Bertz CT molecular complexity index is 778. The van der Waals surface area contributed by atoms with Crippen LogP contribution in [0.3, 0.4) is 0 Å². The number of phenols is 2.